The Bertz CT molecular complexity index is 1100. The molecule has 1 atom stereocenters. The molecule has 0 saturated carbocycles. The molecule has 30 heavy (non-hydrogen) atoms. The zero-order valence-corrected chi connectivity index (χ0v) is 17.0. The molecular formula is C20H18Cl2N2O6. The number of ketones is 1. The molecule has 5 N–H and O–H groups in total. The van der Waals surface area contributed by atoms with Crippen molar-refractivity contribution in [1.29, 1.82) is 0 Å². The Morgan fingerprint density at radius 3 is 2.67 bits per heavy atom. The minimum atomic E-state index is -0.879. The fraction of sp³-hybridized carbons (Fsp3) is 0.200. The first-order valence-electron chi connectivity index (χ1n) is 8.84. The molecule has 0 aliphatic rings. The van der Waals surface area contributed by atoms with Gasteiger partial charge in [-0.1, -0.05) is 23.2 Å². The average Bonchev–Trinajstić information content (AvgIpc) is 3.06. The summed E-state index contributed by atoms with van der Waals surface area (Å²) in [5.74, 6) is -0.344. The van der Waals surface area contributed by atoms with Crippen molar-refractivity contribution in [3.05, 3.63) is 57.8 Å². The number of aliphatic hydroxyl groups excluding tert-OH is 2. The number of anilines is 1. The standard InChI is InChI=1S/C20H18Cl2N2O6/c21-10-1-4-15(22)14(7-10)18(27)19-17(24-20(23)28)13-3-2-12(8-16(13)30-19)29-6-5-11(26)9-25/h1-4,7-8,11,25-26H,5-6,9H2,(H3,23,24,28)/t11-/m0/s1. The number of furan rings is 1. The molecule has 0 spiro atoms. The number of urea groups is 1. The van der Waals surface area contributed by atoms with Crippen LogP contribution in [0.5, 0.6) is 5.75 Å². The van der Waals surface area contributed by atoms with E-state index >= 15 is 0 Å². The number of aliphatic hydroxyl groups is 2. The van der Waals surface area contributed by atoms with Crippen molar-refractivity contribution in [2.24, 2.45) is 5.73 Å². The molecule has 1 aromatic heterocycles. The lowest BCUT2D eigenvalue weighted by Gasteiger charge is -2.09. The molecule has 0 aliphatic carbocycles. The van der Waals surface area contributed by atoms with Crippen LogP contribution in [0.3, 0.4) is 0 Å². The van der Waals surface area contributed by atoms with Gasteiger partial charge in [-0.2, -0.15) is 0 Å². The molecular weight excluding hydrogens is 435 g/mol. The highest BCUT2D eigenvalue weighted by Gasteiger charge is 2.25. The zero-order valence-electron chi connectivity index (χ0n) is 15.5. The van der Waals surface area contributed by atoms with Gasteiger partial charge in [-0.25, -0.2) is 4.79 Å². The smallest absolute Gasteiger partial charge is 0.316 e. The highest BCUT2D eigenvalue weighted by molar-refractivity contribution is 6.37. The van der Waals surface area contributed by atoms with E-state index in [1.54, 1.807) is 18.2 Å². The van der Waals surface area contributed by atoms with E-state index in [0.717, 1.165) is 0 Å². The lowest BCUT2D eigenvalue weighted by atomic mass is 10.1. The summed E-state index contributed by atoms with van der Waals surface area (Å²) in [5.41, 5.74) is 5.72. The minimum absolute atomic E-state index is 0.0980. The van der Waals surface area contributed by atoms with Crippen molar-refractivity contribution in [1.82, 2.24) is 0 Å². The van der Waals surface area contributed by atoms with Crippen LogP contribution in [0.2, 0.25) is 10.0 Å². The fourth-order valence-electron chi connectivity index (χ4n) is 2.77. The third-order valence-electron chi connectivity index (χ3n) is 4.22. The second-order valence-corrected chi connectivity index (χ2v) is 7.22. The topological polar surface area (TPSA) is 135 Å². The highest BCUT2D eigenvalue weighted by Crippen LogP contribution is 2.36. The number of nitrogens with one attached hydrogen (secondary N) is 1. The molecule has 1 heterocycles. The average molecular weight is 453 g/mol. The number of primary amides is 1. The summed E-state index contributed by atoms with van der Waals surface area (Å²) < 4.78 is 11.2. The normalized spacial score (nSPS) is 12.0. The number of ether oxygens (including phenoxy) is 1. The van der Waals surface area contributed by atoms with E-state index < -0.39 is 17.9 Å². The number of hydrogen-bond donors (Lipinski definition) is 4. The number of benzene rings is 2. The van der Waals surface area contributed by atoms with Crippen molar-refractivity contribution in [2.45, 2.75) is 12.5 Å². The number of carbonyl (C=O) groups is 2. The first-order chi connectivity index (χ1) is 14.3. The number of halogens is 2. The first kappa shape index (κ1) is 21.9. The Morgan fingerprint density at radius 2 is 1.97 bits per heavy atom. The van der Waals surface area contributed by atoms with Crippen molar-refractivity contribution in [3.8, 4) is 5.75 Å². The molecule has 3 rings (SSSR count). The van der Waals surface area contributed by atoms with Crippen LogP contribution in [0.25, 0.3) is 11.0 Å². The van der Waals surface area contributed by atoms with Crippen LogP contribution in [-0.4, -0.2) is 41.3 Å². The van der Waals surface area contributed by atoms with Crippen LogP contribution in [0.1, 0.15) is 22.5 Å². The number of rotatable bonds is 8. The third-order valence-corrected chi connectivity index (χ3v) is 4.78. The summed E-state index contributed by atoms with van der Waals surface area (Å²) in [6.45, 7) is -0.204. The van der Waals surface area contributed by atoms with Crippen molar-refractivity contribution in [3.63, 3.8) is 0 Å². The number of hydrogen-bond acceptors (Lipinski definition) is 6. The summed E-state index contributed by atoms with van der Waals surface area (Å²) >= 11 is 12.1. The van der Waals surface area contributed by atoms with Crippen molar-refractivity contribution >= 4 is 51.7 Å². The Morgan fingerprint density at radius 1 is 1.20 bits per heavy atom. The largest absolute Gasteiger partial charge is 0.493 e. The summed E-state index contributed by atoms with van der Waals surface area (Å²) in [6.07, 6.45) is -0.645. The Hall–Kier alpha value is -2.78. The number of carbonyl (C=O) groups excluding carboxylic acids is 2. The van der Waals surface area contributed by atoms with Gasteiger partial charge in [0, 0.05) is 28.5 Å². The molecule has 8 nitrogen and oxygen atoms in total. The quantitative estimate of drug-likeness (QED) is 0.385. The van der Waals surface area contributed by atoms with Gasteiger partial charge in [0.1, 0.15) is 17.0 Å². The molecule has 0 radical (unpaired) electrons. The maximum Gasteiger partial charge on any atom is 0.316 e. The molecule has 0 bridgehead atoms. The lowest BCUT2D eigenvalue weighted by molar-refractivity contribution is 0.0754. The van der Waals surface area contributed by atoms with Crippen LogP contribution >= 0.6 is 23.2 Å². The van der Waals surface area contributed by atoms with Crippen LogP contribution in [0.4, 0.5) is 10.5 Å². The van der Waals surface area contributed by atoms with E-state index in [4.69, 9.17) is 43.2 Å². The monoisotopic (exact) mass is 452 g/mol. The van der Waals surface area contributed by atoms with Gasteiger partial charge in [-0.15, -0.1) is 0 Å². The van der Waals surface area contributed by atoms with E-state index in [2.05, 4.69) is 5.32 Å². The van der Waals surface area contributed by atoms with Crippen LogP contribution < -0.4 is 15.8 Å². The highest BCUT2D eigenvalue weighted by atomic mass is 35.5. The molecule has 0 fully saturated rings. The molecule has 3 aromatic rings. The van der Waals surface area contributed by atoms with Gasteiger partial charge in [0.15, 0.2) is 5.76 Å². The van der Waals surface area contributed by atoms with Gasteiger partial charge in [0.25, 0.3) is 0 Å². The van der Waals surface area contributed by atoms with Gasteiger partial charge in [0.05, 0.1) is 24.3 Å². The van der Waals surface area contributed by atoms with E-state index in [9.17, 15) is 14.7 Å². The van der Waals surface area contributed by atoms with Crippen molar-refractivity contribution in [2.75, 3.05) is 18.5 Å². The van der Waals surface area contributed by atoms with Gasteiger partial charge < -0.3 is 30.4 Å². The van der Waals surface area contributed by atoms with Gasteiger partial charge >= 0.3 is 6.03 Å². The summed E-state index contributed by atoms with van der Waals surface area (Å²) in [4.78, 5) is 24.5. The summed E-state index contributed by atoms with van der Waals surface area (Å²) in [7, 11) is 0. The predicted molar refractivity (Wildman–Crippen MR) is 113 cm³/mol. The second kappa shape index (κ2) is 9.36. The van der Waals surface area contributed by atoms with Gasteiger partial charge in [-0.05, 0) is 30.3 Å². The molecule has 0 aliphatic heterocycles. The molecule has 158 valence electrons. The Kier molecular flexibility index (Phi) is 6.84. The molecule has 0 unspecified atom stereocenters. The van der Waals surface area contributed by atoms with Crippen LogP contribution in [0, 0.1) is 0 Å². The van der Waals surface area contributed by atoms with Gasteiger partial charge in [0.2, 0.25) is 5.78 Å². The van der Waals surface area contributed by atoms with Gasteiger partial charge in [-0.3, -0.25) is 4.79 Å². The van der Waals surface area contributed by atoms with E-state index in [-0.39, 0.29) is 47.3 Å². The van der Waals surface area contributed by atoms with Crippen LogP contribution in [0.15, 0.2) is 40.8 Å². The SMILES string of the molecule is NC(=O)Nc1c(C(=O)c2cc(Cl)ccc2Cl)oc2cc(OCC[C@H](O)CO)ccc12. The maximum absolute atomic E-state index is 13.0. The number of fused-ring (bicyclic) bond motifs is 1. The lowest BCUT2D eigenvalue weighted by Crippen LogP contribution is -2.20. The van der Waals surface area contributed by atoms with Crippen molar-refractivity contribution < 1.29 is 29.0 Å². The minimum Gasteiger partial charge on any atom is -0.493 e. The van der Waals surface area contributed by atoms with Crippen LogP contribution in [-0.2, 0) is 0 Å². The maximum atomic E-state index is 13.0. The number of nitrogens with two attached hydrogens (primary N) is 1. The summed E-state index contributed by atoms with van der Waals surface area (Å²) in [5, 5.41) is 21.5. The van der Waals surface area contributed by atoms with E-state index in [1.165, 1.54) is 18.2 Å². The predicted octanol–water partition coefficient (Wildman–Crippen LogP) is 3.58. The summed E-state index contributed by atoms with van der Waals surface area (Å²) in [6, 6.07) is 8.28. The molecule has 2 amide bonds. The second-order valence-electron chi connectivity index (χ2n) is 6.38. The Balaban J connectivity index is 1.99. The molecule has 0 saturated heterocycles. The molecule has 10 heteroatoms. The van der Waals surface area contributed by atoms with E-state index in [0.29, 0.717) is 16.2 Å². The number of amides is 2. The zero-order chi connectivity index (χ0) is 21.8. The molecule has 2 aromatic carbocycles. The fourth-order valence-corrected chi connectivity index (χ4v) is 3.15. The van der Waals surface area contributed by atoms with E-state index in [1.807, 2.05) is 0 Å². The Labute approximate surface area is 181 Å². The third kappa shape index (κ3) is 4.85. The first-order valence-corrected chi connectivity index (χ1v) is 9.60.